The highest BCUT2D eigenvalue weighted by molar-refractivity contribution is 6.02. The van der Waals surface area contributed by atoms with Crippen LogP contribution >= 0.6 is 0 Å². The minimum Gasteiger partial charge on any atom is -0.354 e. The number of nitrogens with one attached hydrogen (secondary N) is 1. The zero-order valence-electron chi connectivity index (χ0n) is 12.2. The summed E-state index contributed by atoms with van der Waals surface area (Å²) in [7, 11) is 3.43. The lowest BCUT2D eigenvalue weighted by Gasteiger charge is -2.40. The fraction of sp³-hybridized carbons (Fsp3) is 0.500. The molecule has 3 amide bonds. The van der Waals surface area contributed by atoms with E-state index in [1.807, 2.05) is 0 Å². The van der Waals surface area contributed by atoms with Crippen LogP contribution in [0.15, 0.2) is 18.3 Å². The molecule has 0 atom stereocenters. The Morgan fingerprint density at radius 3 is 2.86 bits per heavy atom. The van der Waals surface area contributed by atoms with Gasteiger partial charge in [-0.2, -0.15) is 0 Å². The predicted molar refractivity (Wildman–Crippen MR) is 78.9 cm³/mol. The van der Waals surface area contributed by atoms with Gasteiger partial charge in [0.1, 0.15) is 6.54 Å². The van der Waals surface area contributed by atoms with E-state index in [-0.39, 0.29) is 18.5 Å². The summed E-state index contributed by atoms with van der Waals surface area (Å²) in [6.07, 6.45) is 4.04. The van der Waals surface area contributed by atoms with Gasteiger partial charge in [-0.3, -0.25) is 14.7 Å². The molecule has 0 spiro atoms. The second-order valence-corrected chi connectivity index (χ2v) is 5.51. The molecule has 1 saturated carbocycles. The monoisotopic (exact) mass is 289 g/mol. The zero-order valence-corrected chi connectivity index (χ0v) is 12.2. The molecule has 1 N–H and O–H groups in total. The van der Waals surface area contributed by atoms with Crippen LogP contribution < -0.4 is 15.2 Å². The van der Waals surface area contributed by atoms with E-state index >= 15 is 0 Å². The topological polar surface area (TPSA) is 68.8 Å². The number of hydrogen-bond donors (Lipinski definition) is 1. The van der Waals surface area contributed by atoms with Gasteiger partial charge in [-0.1, -0.05) is 0 Å². The van der Waals surface area contributed by atoms with Crippen LogP contribution in [0.3, 0.4) is 0 Å². The van der Waals surface area contributed by atoms with Crippen molar-refractivity contribution < 1.29 is 9.59 Å². The number of hydrazine groups is 1. The van der Waals surface area contributed by atoms with Crippen LogP contribution in [-0.4, -0.2) is 49.1 Å². The average Bonchev–Trinajstić information content (AvgIpc) is 3.31. The number of pyridine rings is 1. The smallest absolute Gasteiger partial charge is 0.343 e. The summed E-state index contributed by atoms with van der Waals surface area (Å²) in [5.74, 6) is 1.14. The van der Waals surface area contributed by atoms with Crippen LogP contribution in [-0.2, 0) is 4.79 Å². The summed E-state index contributed by atoms with van der Waals surface area (Å²) in [6, 6.07) is 3.33. The molecule has 0 radical (unpaired) electrons. The first kappa shape index (κ1) is 13.7. The highest BCUT2D eigenvalue weighted by Crippen LogP contribution is 2.32. The predicted octanol–water partition coefficient (Wildman–Crippen LogP) is 0.831. The maximum absolute atomic E-state index is 12.4. The van der Waals surface area contributed by atoms with E-state index < -0.39 is 0 Å². The third-order valence-electron chi connectivity index (χ3n) is 3.91. The lowest BCUT2D eigenvalue weighted by atomic mass is 10.3. The largest absolute Gasteiger partial charge is 0.354 e. The van der Waals surface area contributed by atoms with Gasteiger partial charge in [0.15, 0.2) is 5.82 Å². The Labute approximate surface area is 123 Å². The molecular formula is C14H19N5O2. The molecule has 21 heavy (non-hydrogen) atoms. The average molecular weight is 289 g/mol. The van der Waals surface area contributed by atoms with Gasteiger partial charge < -0.3 is 5.32 Å². The summed E-state index contributed by atoms with van der Waals surface area (Å²) in [4.78, 5) is 30.2. The van der Waals surface area contributed by atoms with Crippen LogP contribution in [0.5, 0.6) is 0 Å². The van der Waals surface area contributed by atoms with E-state index in [0.717, 1.165) is 0 Å². The minimum atomic E-state index is -0.237. The summed E-state index contributed by atoms with van der Waals surface area (Å²) < 4.78 is 0. The van der Waals surface area contributed by atoms with E-state index in [1.54, 1.807) is 37.4 Å². The Kier molecular flexibility index (Phi) is 3.40. The van der Waals surface area contributed by atoms with Gasteiger partial charge in [-0.15, -0.1) is 0 Å². The number of hydrogen-bond acceptors (Lipinski definition) is 4. The van der Waals surface area contributed by atoms with Gasteiger partial charge >= 0.3 is 6.03 Å². The van der Waals surface area contributed by atoms with Crippen LogP contribution in [0.25, 0.3) is 0 Å². The number of carbonyl (C=O) groups is 2. The van der Waals surface area contributed by atoms with Crippen molar-refractivity contribution >= 4 is 23.4 Å². The van der Waals surface area contributed by atoms with E-state index in [4.69, 9.17) is 0 Å². The molecule has 0 saturated heterocycles. The van der Waals surface area contributed by atoms with E-state index in [9.17, 15) is 9.59 Å². The maximum atomic E-state index is 12.4. The second kappa shape index (κ2) is 5.23. The van der Waals surface area contributed by atoms with Crippen molar-refractivity contribution in [3.63, 3.8) is 0 Å². The maximum Gasteiger partial charge on any atom is 0.343 e. The van der Waals surface area contributed by atoms with Crippen molar-refractivity contribution in [1.82, 2.24) is 15.3 Å². The van der Waals surface area contributed by atoms with Crippen molar-refractivity contribution in [3.05, 3.63) is 18.3 Å². The first-order chi connectivity index (χ1) is 10.1. The van der Waals surface area contributed by atoms with Crippen LogP contribution in [0.2, 0.25) is 0 Å². The molecule has 3 rings (SSSR count). The number of rotatable bonds is 4. The molecule has 1 aliphatic carbocycles. The number of amides is 3. The Hall–Kier alpha value is -2.31. The number of fused-ring (bicyclic) bond motifs is 1. The summed E-state index contributed by atoms with van der Waals surface area (Å²) >= 11 is 0. The molecule has 1 aromatic heterocycles. The highest BCUT2D eigenvalue weighted by atomic mass is 16.2. The molecule has 112 valence electrons. The molecule has 7 nitrogen and oxygen atoms in total. The van der Waals surface area contributed by atoms with Gasteiger partial charge in [-0.05, 0) is 30.9 Å². The van der Waals surface area contributed by atoms with Gasteiger partial charge in [-0.25, -0.2) is 14.8 Å². The van der Waals surface area contributed by atoms with Crippen molar-refractivity contribution in [3.8, 4) is 0 Å². The molecule has 1 fully saturated rings. The Bertz CT molecular complexity index is 572. The number of nitrogens with zero attached hydrogens (tertiary/aromatic N) is 4. The molecule has 0 aromatic carbocycles. The number of aromatic nitrogens is 1. The van der Waals surface area contributed by atoms with Crippen LogP contribution in [0.4, 0.5) is 16.3 Å². The third-order valence-corrected chi connectivity index (χ3v) is 3.91. The molecule has 2 heterocycles. The van der Waals surface area contributed by atoms with Crippen molar-refractivity contribution in [2.75, 3.05) is 37.1 Å². The fourth-order valence-electron chi connectivity index (χ4n) is 2.33. The number of anilines is 2. The number of carbonyl (C=O) groups excluding carboxylic acids is 2. The van der Waals surface area contributed by atoms with Crippen LogP contribution in [0, 0.1) is 5.92 Å². The third kappa shape index (κ3) is 2.63. The van der Waals surface area contributed by atoms with Crippen molar-refractivity contribution in [1.29, 1.82) is 0 Å². The molecule has 1 aromatic rings. The van der Waals surface area contributed by atoms with Crippen LogP contribution in [0.1, 0.15) is 12.8 Å². The first-order valence-electron chi connectivity index (χ1n) is 7.08. The normalized spacial score (nSPS) is 17.8. The second-order valence-electron chi connectivity index (χ2n) is 5.51. The molecule has 0 unspecified atom stereocenters. The van der Waals surface area contributed by atoms with Crippen molar-refractivity contribution in [2.45, 2.75) is 12.8 Å². The fourth-order valence-corrected chi connectivity index (χ4v) is 2.33. The molecule has 2 aliphatic rings. The quantitative estimate of drug-likeness (QED) is 0.891. The molecule has 1 aliphatic heterocycles. The lowest BCUT2D eigenvalue weighted by Crippen LogP contribution is -2.55. The SMILES string of the molecule is CN1C(=O)N(CC(=O)NCC2CC2)c2cccnc2N1C. The molecular weight excluding hydrogens is 270 g/mol. The highest BCUT2D eigenvalue weighted by Gasteiger charge is 2.33. The Morgan fingerprint density at radius 2 is 2.14 bits per heavy atom. The molecule has 7 heteroatoms. The zero-order chi connectivity index (χ0) is 15.0. The summed E-state index contributed by atoms with van der Waals surface area (Å²) in [6.45, 7) is 0.721. The Balaban J connectivity index is 1.77. The summed E-state index contributed by atoms with van der Waals surface area (Å²) in [5, 5.41) is 6.01. The number of urea groups is 1. The van der Waals surface area contributed by atoms with Gasteiger partial charge in [0.2, 0.25) is 5.91 Å². The molecule has 0 bridgehead atoms. The van der Waals surface area contributed by atoms with E-state index in [0.29, 0.717) is 24.0 Å². The van der Waals surface area contributed by atoms with Crippen molar-refractivity contribution in [2.24, 2.45) is 5.92 Å². The van der Waals surface area contributed by atoms with E-state index in [1.165, 1.54) is 22.8 Å². The van der Waals surface area contributed by atoms with Gasteiger partial charge in [0.25, 0.3) is 0 Å². The van der Waals surface area contributed by atoms with E-state index in [2.05, 4.69) is 10.3 Å². The van der Waals surface area contributed by atoms with Gasteiger partial charge in [0, 0.05) is 26.8 Å². The first-order valence-corrected chi connectivity index (χ1v) is 7.08. The lowest BCUT2D eigenvalue weighted by molar-refractivity contribution is -0.119. The standard InChI is InChI=1S/C14H19N5O2/c1-17-13-11(4-3-7-15-13)19(14(21)18(17)2)9-12(20)16-8-10-5-6-10/h3-4,7,10H,5-6,8-9H2,1-2H3,(H,16,20). The Morgan fingerprint density at radius 1 is 1.38 bits per heavy atom. The minimum absolute atomic E-state index is 0.0163. The van der Waals surface area contributed by atoms with Gasteiger partial charge in [0.05, 0.1) is 5.69 Å². The summed E-state index contributed by atoms with van der Waals surface area (Å²) in [5.41, 5.74) is 0.657.